The highest BCUT2D eigenvalue weighted by Gasteiger charge is 2.30. The Bertz CT molecular complexity index is 656. The van der Waals surface area contributed by atoms with Gasteiger partial charge in [0, 0.05) is 32.1 Å². The molecule has 0 amide bonds. The zero-order valence-corrected chi connectivity index (χ0v) is 13.4. The SMILES string of the molecule is Clc1ccccc1-n1ncc(N2CCNCC2)c1C1CCC1. The molecule has 0 bridgehead atoms. The fraction of sp³-hybridized carbons (Fsp3) is 0.471. The summed E-state index contributed by atoms with van der Waals surface area (Å²) in [6.45, 7) is 4.19. The Morgan fingerprint density at radius 2 is 1.86 bits per heavy atom. The molecule has 1 saturated heterocycles. The third-order valence-corrected chi connectivity index (χ3v) is 5.14. The van der Waals surface area contributed by atoms with Gasteiger partial charge in [-0.15, -0.1) is 0 Å². The van der Waals surface area contributed by atoms with Crippen LogP contribution in [0.3, 0.4) is 0 Å². The number of para-hydroxylation sites is 1. The van der Waals surface area contributed by atoms with Crippen LogP contribution in [-0.2, 0) is 0 Å². The van der Waals surface area contributed by atoms with E-state index in [0.29, 0.717) is 5.92 Å². The second kappa shape index (κ2) is 5.94. The van der Waals surface area contributed by atoms with Crippen LogP contribution < -0.4 is 10.2 Å². The predicted octanol–water partition coefficient (Wildman–Crippen LogP) is 3.20. The Hall–Kier alpha value is -1.52. The number of benzene rings is 1. The first-order valence-corrected chi connectivity index (χ1v) is 8.51. The van der Waals surface area contributed by atoms with E-state index < -0.39 is 0 Å². The maximum absolute atomic E-state index is 6.41. The second-order valence-corrected chi connectivity index (χ2v) is 6.55. The van der Waals surface area contributed by atoms with Crippen LogP contribution >= 0.6 is 11.6 Å². The third kappa shape index (κ3) is 2.40. The number of hydrogen-bond acceptors (Lipinski definition) is 3. The highest BCUT2D eigenvalue weighted by molar-refractivity contribution is 6.32. The van der Waals surface area contributed by atoms with Crippen LogP contribution in [0.1, 0.15) is 30.9 Å². The number of piperazine rings is 1. The van der Waals surface area contributed by atoms with Gasteiger partial charge in [0.2, 0.25) is 0 Å². The zero-order chi connectivity index (χ0) is 14.9. The topological polar surface area (TPSA) is 33.1 Å². The lowest BCUT2D eigenvalue weighted by Gasteiger charge is -2.33. The Morgan fingerprint density at radius 1 is 1.09 bits per heavy atom. The monoisotopic (exact) mass is 316 g/mol. The molecule has 22 heavy (non-hydrogen) atoms. The molecule has 1 aliphatic carbocycles. The van der Waals surface area contributed by atoms with Gasteiger partial charge in [-0.25, -0.2) is 4.68 Å². The molecule has 2 aliphatic rings. The fourth-order valence-electron chi connectivity index (χ4n) is 3.38. The van der Waals surface area contributed by atoms with Gasteiger partial charge >= 0.3 is 0 Å². The van der Waals surface area contributed by atoms with Crippen molar-refractivity contribution in [2.75, 3.05) is 31.1 Å². The van der Waals surface area contributed by atoms with Crippen LogP contribution in [0.2, 0.25) is 5.02 Å². The summed E-state index contributed by atoms with van der Waals surface area (Å²) < 4.78 is 2.07. The molecule has 2 heterocycles. The second-order valence-electron chi connectivity index (χ2n) is 6.14. The largest absolute Gasteiger partial charge is 0.366 e. The van der Waals surface area contributed by atoms with Crippen molar-refractivity contribution < 1.29 is 0 Å². The average Bonchev–Trinajstić information content (AvgIpc) is 2.91. The molecule has 5 heteroatoms. The van der Waals surface area contributed by atoms with E-state index in [0.717, 1.165) is 36.9 Å². The van der Waals surface area contributed by atoms with Crippen molar-refractivity contribution in [2.45, 2.75) is 25.2 Å². The van der Waals surface area contributed by atoms with Crippen molar-refractivity contribution in [1.82, 2.24) is 15.1 Å². The minimum Gasteiger partial charge on any atom is -0.366 e. The highest BCUT2D eigenvalue weighted by atomic mass is 35.5. The molecule has 1 N–H and O–H groups in total. The van der Waals surface area contributed by atoms with Crippen molar-refractivity contribution in [3.63, 3.8) is 0 Å². The summed E-state index contributed by atoms with van der Waals surface area (Å²) in [7, 11) is 0. The fourth-order valence-corrected chi connectivity index (χ4v) is 3.59. The number of anilines is 1. The van der Waals surface area contributed by atoms with E-state index in [1.807, 2.05) is 24.4 Å². The van der Waals surface area contributed by atoms with Crippen molar-refractivity contribution in [1.29, 1.82) is 0 Å². The maximum Gasteiger partial charge on any atom is 0.0835 e. The first-order chi connectivity index (χ1) is 10.8. The molecule has 1 aliphatic heterocycles. The molecule has 2 aromatic rings. The zero-order valence-electron chi connectivity index (χ0n) is 12.6. The van der Waals surface area contributed by atoms with Gasteiger partial charge in [0.05, 0.1) is 28.3 Å². The van der Waals surface area contributed by atoms with Crippen LogP contribution in [0.25, 0.3) is 5.69 Å². The Morgan fingerprint density at radius 3 is 2.55 bits per heavy atom. The van der Waals surface area contributed by atoms with E-state index in [4.69, 9.17) is 16.7 Å². The van der Waals surface area contributed by atoms with E-state index in [1.165, 1.54) is 30.6 Å². The summed E-state index contributed by atoms with van der Waals surface area (Å²) in [6.07, 6.45) is 5.87. The number of nitrogens with zero attached hydrogens (tertiary/aromatic N) is 3. The first kappa shape index (κ1) is 14.1. The molecule has 1 aromatic carbocycles. The molecule has 1 saturated carbocycles. The number of nitrogens with one attached hydrogen (secondary N) is 1. The first-order valence-electron chi connectivity index (χ1n) is 8.13. The molecule has 116 valence electrons. The van der Waals surface area contributed by atoms with Gasteiger partial charge in [-0.3, -0.25) is 0 Å². The van der Waals surface area contributed by atoms with Crippen LogP contribution in [0, 0.1) is 0 Å². The van der Waals surface area contributed by atoms with E-state index in [2.05, 4.69) is 21.0 Å². The van der Waals surface area contributed by atoms with Crippen molar-refractivity contribution in [3.8, 4) is 5.69 Å². The Kier molecular flexibility index (Phi) is 3.80. The maximum atomic E-state index is 6.41. The van der Waals surface area contributed by atoms with Gasteiger partial charge in [-0.05, 0) is 25.0 Å². The third-order valence-electron chi connectivity index (χ3n) is 4.82. The minimum atomic E-state index is 0.614. The summed E-state index contributed by atoms with van der Waals surface area (Å²) in [5, 5.41) is 8.88. The smallest absolute Gasteiger partial charge is 0.0835 e. The Balaban J connectivity index is 1.78. The van der Waals surface area contributed by atoms with E-state index in [1.54, 1.807) is 0 Å². The summed E-state index contributed by atoms with van der Waals surface area (Å²) in [4.78, 5) is 2.46. The molecule has 0 atom stereocenters. The molecule has 0 unspecified atom stereocenters. The average molecular weight is 317 g/mol. The summed E-state index contributed by atoms with van der Waals surface area (Å²) in [6, 6.07) is 7.99. The summed E-state index contributed by atoms with van der Waals surface area (Å²) in [5.41, 5.74) is 3.64. The van der Waals surface area contributed by atoms with Crippen molar-refractivity contribution in [2.24, 2.45) is 0 Å². The quantitative estimate of drug-likeness (QED) is 0.944. The molecule has 0 radical (unpaired) electrons. The molecule has 4 rings (SSSR count). The lowest BCUT2D eigenvalue weighted by Crippen LogP contribution is -2.44. The minimum absolute atomic E-state index is 0.614. The molecular weight excluding hydrogens is 296 g/mol. The Labute approximate surface area is 136 Å². The van der Waals surface area contributed by atoms with E-state index in [-0.39, 0.29) is 0 Å². The van der Waals surface area contributed by atoms with E-state index in [9.17, 15) is 0 Å². The van der Waals surface area contributed by atoms with Crippen LogP contribution in [-0.4, -0.2) is 36.0 Å². The van der Waals surface area contributed by atoms with Crippen LogP contribution in [0.4, 0.5) is 5.69 Å². The van der Waals surface area contributed by atoms with Gasteiger partial charge in [0.1, 0.15) is 0 Å². The number of hydrogen-bond donors (Lipinski definition) is 1. The molecule has 4 nitrogen and oxygen atoms in total. The normalized spacial score (nSPS) is 19.2. The van der Waals surface area contributed by atoms with Crippen LogP contribution in [0.15, 0.2) is 30.5 Å². The van der Waals surface area contributed by atoms with Gasteiger partial charge in [-0.1, -0.05) is 30.2 Å². The molecule has 1 aromatic heterocycles. The molecule has 0 spiro atoms. The van der Waals surface area contributed by atoms with Gasteiger partial charge in [-0.2, -0.15) is 5.10 Å². The molecular formula is C17H21ClN4. The number of rotatable bonds is 3. The predicted molar refractivity (Wildman–Crippen MR) is 90.2 cm³/mol. The summed E-state index contributed by atoms with van der Waals surface area (Å²) >= 11 is 6.41. The standard InChI is InChI=1S/C17H21ClN4/c18-14-6-1-2-7-15(14)22-17(13-4-3-5-13)16(12-20-22)21-10-8-19-9-11-21/h1-2,6-7,12-13,19H,3-5,8-11H2. The van der Waals surface area contributed by atoms with Gasteiger partial charge < -0.3 is 10.2 Å². The van der Waals surface area contributed by atoms with Gasteiger partial charge in [0.25, 0.3) is 0 Å². The van der Waals surface area contributed by atoms with Gasteiger partial charge in [0.15, 0.2) is 0 Å². The molecule has 2 fully saturated rings. The van der Waals surface area contributed by atoms with Crippen molar-refractivity contribution >= 4 is 17.3 Å². The van der Waals surface area contributed by atoms with Crippen molar-refractivity contribution in [3.05, 3.63) is 41.2 Å². The van der Waals surface area contributed by atoms with Crippen LogP contribution in [0.5, 0.6) is 0 Å². The number of halogens is 1. The lowest BCUT2D eigenvalue weighted by molar-refractivity contribution is 0.402. The number of aromatic nitrogens is 2. The highest BCUT2D eigenvalue weighted by Crippen LogP contribution is 2.42. The van der Waals surface area contributed by atoms with E-state index >= 15 is 0 Å². The lowest BCUT2D eigenvalue weighted by atomic mass is 9.82. The summed E-state index contributed by atoms with van der Waals surface area (Å²) in [5.74, 6) is 0.614.